The Bertz CT molecular complexity index is 346. The van der Waals surface area contributed by atoms with E-state index in [2.05, 4.69) is 5.32 Å². The first-order valence-corrected chi connectivity index (χ1v) is 7.43. The summed E-state index contributed by atoms with van der Waals surface area (Å²) in [5.74, 6) is -0.0405. The molecule has 5 nitrogen and oxygen atoms in total. The fourth-order valence-corrected chi connectivity index (χ4v) is 3.33. The second kappa shape index (κ2) is 6.37. The lowest BCUT2D eigenvalue weighted by atomic mass is 9.93. The van der Waals surface area contributed by atoms with Crippen molar-refractivity contribution in [3.05, 3.63) is 0 Å². The van der Waals surface area contributed by atoms with Crippen molar-refractivity contribution in [1.29, 1.82) is 0 Å². The van der Waals surface area contributed by atoms with E-state index in [1.54, 1.807) is 11.9 Å². The molecule has 2 aliphatic rings. The van der Waals surface area contributed by atoms with E-state index in [9.17, 15) is 9.59 Å². The minimum atomic E-state index is -0.284. The molecule has 1 saturated heterocycles. The van der Waals surface area contributed by atoms with Crippen LogP contribution in [-0.4, -0.2) is 42.4 Å². The number of hydrogen-bond acceptors (Lipinski definition) is 3. The van der Waals surface area contributed by atoms with Gasteiger partial charge in [-0.25, -0.2) is 0 Å². The fourth-order valence-electron chi connectivity index (χ4n) is 3.33. The average molecular weight is 267 g/mol. The second-order valence-electron chi connectivity index (χ2n) is 5.71. The molecule has 3 N–H and O–H groups in total. The molecule has 3 atom stereocenters. The maximum atomic E-state index is 12.7. The van der Waals surface area contributed by atoms with E-state index in [4.69, 9.17) is 5.73 Å². The monoisotopic (exact) mass is 267 g/mol. The van der Waals surface area contributed by atoms with Crippen molar-refractivity contribution < 1.29 is 9.59 Å². The van der Waals surface area contributed by atoms with E-state index in [1.165, 1.54) is 0 Å². The van der Waals surface area contributed by atoms with E-state index in [-0.39, 0.29) is 29.8 Å². The zero-order valence-corrected chi connectivity index (χ0v) is 11.7. The Morgan fingerprint density at radius 2 is 1.84 bits per heavy atom. The van der Waals surface area contributed by atoms with Gasteiger partial charge in [-0.05, 0) is 25.7 Å². The van der Waals surface area contributed by atoms with Crippen molar-refractivity contribution in [2.75, 3.05) is 13.6 Å². The van der Waals surface area contributed by atoms with Crippen LogP contribution in [0.2, 0.25) is 0 Å². The predicted octanol–water partition coefficient (Wildman–Crippen LogP) is 0.631. The number of carbonyl (C=O) groups excluding carboxylic acids is 2. The molecule has 19 heavy (non-hydrogen) atoms. The van der Waals surface area contributed by atoms with Crippen LogP contribution in [0.1, 0.15) is 44.9 Å². The van der Waals surface area contributed by atoms with Gasteiger partial charge < -0.3 is 16.0 Å². The summed E-state index contributed by atoms with van der Waals surface area (Å²) in [6, 6.07) is -0.325. The molecule has 2 amide bonds. The first kappa shape index (κ1) is 14.3. The standard InChI is InChI=1S/C14H25N3O2/c1-16-13(18)12-8-5-9-17(12)14(19)10-6-3-2-4-7-11(10)15/h10-12H,2-9,15H2,1H3,(H,16,18). The van der Waals surface area contributed by atoms with Crippen LogP contribution in [0.25, 0.3) is 0 Å². The highest BCUT2D eigenvalue weighted by molar-refractivity contribution is 5.89. The molecular formula is C14H25N3O2. The lowest BCUT2D eigenvalue weighted by molar-refractivity contribution is -0.142. The first-order chi connectivity index (χ1) is 9.15. The van der Waals surface area contributed by atoms with E-state index in [0.717, 1.165) is 44.9 Å². The summed E-state index contributed by atoms with van der Waals surface area (Å²) < 4.78 is 0. The molecule has 2 fully saturated rings. The van der Waals surface area contributed by atoms with Gasteiger partial charge in [0.1, 0.15) is 6.04 Å². The normalized spacial score (nSPS) is 31.9. The van der Waals surface area contributed by atoms with E-state index < -0.39 is 0 Å². The van der Waals surface area contributed by atoms with Gasteiger partial charge in [-0.2, -0.15) is 0 Å². The van der Waals surface area contributed by atoms with Gasteiger partial charge in [0.2, 0.25) is 11.8 Å². The molecule has 1 aliphatic carbocycles. The number of carbonyl (C=O) groups is 2. The van der Waals surface area contributed by atoms with Crippen molar-refractivity contribution >= 4 is 11.8 Å². The number of hydrogen-bond donors (Lipinski definition) is 2. The number of amides is 2. The number of likely N-dealkylation sites (N-methyl/N-ethyl adjacent to an activating group) is 1. The van der Waals surface area contributed by atoms with Crippen molar-refractivity contribution in [3.8, 4) is 0 Å². The third-order valence-electron chi connectivity index (χ3n) is 4.47. The fraction of sp³-hybridized carbons (Fsp3) is 0.857. The van der Waals surface area contributed by atoms with Crippen molar-refractivity contribution in [2.45, 2.75) is 57.0 Å². The Morgan fingerprint density at radius 3 is 2.58 bits per heavy atom. The summed E-state index contributed by atoms with van der Waals surface area (Å²) in [5.41, 5.74) is 6.15. The molecule has 1 saturated carbocycles. The van der Waals surface area contributed by atoms with Crippen molar-refractivity contribution in [1.82, 2.24) is 10.2 Å². The number of nitrogens with two attached hydrogens (primary N) is 1. The summed E-state index contributed by atoms with van der Waals surface area (Å²) in [5, 5.41) is 2.65. The quantitative estimate of drug-likeness (QED) is 0.721. The van der Waals surface area contributed by atoms with Crippen LogP contribution >= 0.6 is 0 Å². The Kier molecular flexibility index (Phi) is 4.80. The molecule has 0 spiro atoms. The zero-order chi connectivity index (χ0) is 13.8. The van der Waals surface area contributed by atoms with Crippen LogP contribution in [0.4, 0.5) is 0 Å². The third kappa shape index (κ3) is 3.08. The SMILES string of the molecule is CNC(=O)C1CCCN1C(=O)C1CCCCCC1N. The van der Waals surface area contributed by atoms with Crippen LogP contribution in [0.5, 0.6) is 0 Å². The van der Waals surface area contributed by atoms with E-state index in [1.807, 2.05) is 0 Å². The number of nitrogens with zero attached hydrogens (tertiary/aromatic N) is 1. The first-order valence-electron chi connectivity index (χ1n) is 7.43. The van der Waals surface area contributed by atoms with Crippen LogP contribution in [-0.2, 0) is 9.59 Å². The lowest BCUT2D eigenvalue weighted by Crippen LogP contribution is -2.50. The molecule has 0 aromatic rings. The number of likely N-dealkylation sites (tertiary alicyclic amines) is 1. The molecular weight excluding hydrogens is 242 g/mol. The van der Waals surface area contributed by atoms with Gasteiger partial charge in [0.15, 0.2) is 0 Å². The summed E-state index contributed by atoms with van der Waals surface area (Å²) in [6.07, 6.45) is 6.83. The Morgan fingerprint density at radius 1 is 1.11 bits per heavy atom. The summed E-state index contributed by atoms with van der Waals surface area (Å²) >= 11 is 0. The highest BCUT2D eigenvalue weighted by Crippen LogP contribution is 2.27. The van der Waals surface area contributed by atoms with Gasteiger partial charge in [0.05, 0.1) is 5.92 Å². The lowest BCUT2D eigenvalue weighted by Gasteiger charge is -2.29. The van der Waals surface area contributed by atoms with Gasteiger partial charge in [-0.3, -0.25) is 9.59 Å². The summed E-state index contributed by atoms with van der Waals surface area (Å²) in [4.78, 5) is 26.2. The van der Waals surface area contributed by atoms with E-state index in [0.29, 0.717) is 6.54 Å². The molecule has 3 unspecified atom stereocenters. The van der Waals surface area contributed by atoms with Gasteiger partial charge in [0.25, 0.3) is 0 Å². The Balaban J connectivity index is 2.06. The zero-order valence-electron chi connectivity index (χ0n) is 11.7. The van der Waals surface area contributed by atoms with Gasteiger partial charge in [0, 0.05) is 19.6 Å². The Hall–Kier alpha value is -1.10. The topological polar surface area (TPSA) is 75.4 Å². The maximum absolute atomic E-state index is 12.7. The second-order valence-corrected chi connectivity index (χ2v) is 5.71. The highest BCUT2D eigenvalue weighted by atomic mass is 16.2. The van der Waals surface area contributed by atoms with Crippen LogP contribution in [0.3, 0.4) is 0 Å². The molecule has 108 valence electrons. The molecule has 0 aromatic carbocycles. The molecule has 0 bridgehead atoms. The molecule has 0 aromatic heterocycles. The molecule has 5 heteroatoms. The summed E-state index contributed by atoms with van der Waals surface area (Å²) in [7, 11) is 1.63. The molecule has 1 heterocycles. The number of nitrogens with one attached hydrogen (secondary N) is 1. The Labute approximate surface area is 114 Å². The molecule has 0 radical (unpaired) electrons. The largest absolute Gasteiger partial charge is 0.357 e. The van der Waals surface area contributed by atoms with Crippen molar-refractivity contribution in [2.24, 2.45) is 11.7 Å². The van der Waals surface area contributed by atoms with E-state index >= 15 is 0 Å². The average Bonchev–Trinajstić information content (AvgIpc) is 2.80. The van der Waals surface area contributed by atoms with Gasteiger partial charge in [-0.1, -0.05) is 19.3 Å². The minimum Gasteiger partial charge on any atom is -0.357 e. The smallest absolute Gasteiger partial charge is 0.242 e. The van der Waals surface area contributed by atoms with Crippen LogP contribution in [0, 0.1) is 5.92 Å². The molecule has 1 aliphatic heterocycles. The van der Waals surface area contributed by atoms with Crippen molar-refractivity contribution in [3.63, 3.8) is 0 Å². The van der Waals surface area contributed by atoms with Crippen LogP contribution in [0.15, 0.2) is 0 Å². The van der Waals surface area contributed by atoms with Crippen LogP contribution < -0.4 is 11.1 Å². The third-order valence-corrected chi connectivity index (χ3v) is 4.47. The minimum absolute atomic E-state index is 0.0408. The predicted molar refractivity (Wildman–Crippen MR) is 73.4 cm³/mol. The summed E-state index contributed by atoms with van der Waals surface area (Å²) in [6.45, 7) is 0.695. The number of rotatable bonds is 2. The molecule has 2 rings (SSSR count). The van der Waals surface area contributed by atoms with Gasteiger partial charge in [-0.15, -0.1) is 0 Å². The maximum Gasteiger partial charge on any atom is 0.242 e. The highest BCUT2D eigenvalue weighted by Gasteiger charge is 2.38. The van der Waals surface area contributed by atoms with Gasteiger partial charge >= 0.3 is 0 Å².